The van der Waals surface area contributed by atoms with Gasteiger partial charge in [-0.1, -0.05) is 30.3 Å². The lowest BCUT2D eigenvalue weighted by atomic mass is 10.1. The summed E-state index contributed by atoms with van der Waals surface area (Å²) in [5, 5.41) is 0.633. The van der Waals surface area contributed by atoms with Crippen molar-refractivity contribution in [2.45, 2.75) is 31.7 Å². The van der Waals surface area contributed by atoms with Crippen LogP contribution in [0.2, 0.25) is 0 Å². The standard InChI is InChI=1S/C21H20N2O3S/c1-14-19(15(2)24)21(23-20(22-14)18-11-6-12-26-18)27-13-7-10-17(25)16-8-4-3-5-9-16/h3-6,8-9,11-12H,7,10,13H2,1-2H3. The number of carbonyl (C=O) groups excluding carboxylic acids is 2. The summed E-state index contributed by atoms with van der Waals surface area (Å²) < 4.78 is 5.37. The lowest BCUT2D eigenvalue weighted by molar-refractivity contribution is 0.0979. The largest absolute Gasteiger partial charge is 0.461 e. The van der Waals surface area contributed by atoms with Crippen LogP contribution in [-0.4, -0.2) is 27.3 Å². The number of hydrogen-bond acceptors (Lipinski definition) is 6. The zero-order chi connectivity index (χ0) is 19.2. The number of rotatable bonds is 8. The molecular formula is C21H20N2O3S. The molecule has 1 aromatic carbocycles. The van der Waals surface area contributed by atoms with Crippen molar-refractivity contribution in [3.63, 3.8) is 0 Å². The number of benzene rings is 1. The van der Waals surface area contributed by atoms with Crippen molar-refractivity contribution < 1.29 is 14.0 Å². The molecule has 0 spiro atoms. The predicted molar refractivity (Wildman–Crippen MR) is 105 cm³/mol. The van der Waals surface area contributed by atoms with Gasteiger partial charge in [-0.25, -0.2) is 9.97 Å². The average Bonchev–Trinajstić information content (AvgIpc) is 3.20. The Morgan fingerprint density at radius 2 is 1.85 bits per heavy atom. The highest BCUT2D eigenvalue weighted by molar-refractivity contribution is 7.99. The Morgan fingerprint density at radius 1 is 1.07 bits per heavy atom. The van der Waals surface area contributed by atoms with Crippen LogP contribution in [0.5, 0.6) is 0 Å². The second kappa shape index (κ2) is 8.77. The van der Waals surface area contributed by atoms with E-state index in [0.29, 0.717) is 46.5 Å². The normalized spacial score (nSPS) is 10.7. The monoisotopic (exact) mass is 380 g/mol. The topological polar surface area (TPSA) is 73.1 Å². The molecule has 0 saturated carbocycles. The van der Waals surface area contributed by atoms with Gasteiger partial charge in [0.05, 0.1) is 17.5 Å². The molecule has 3 rings (SSSR count). The van der Waals surface area contributed by atoms with Crippen molar-refractivity contribution in [2.75, 3.05) is 5.75 Å². The van der Waals surface area contributed by atoms with Gasteiger partial charge in [-0.15, -0.1) is 11.8 Å². The van der Waals surface area contributed by atoms with Gasteiger partial charge in [0.2, 0.25) is 0 Å². The molecule has 0 aliphatic heterocycles. The number of aryl methyl sites for hydroxylation is 1. The Balaban J connectivity index is 1.70. The van der Waals surface area contributed by atoms with Crippen LogP contribution >= 0.6 is 11.8 Å². The highest BCUT2D eigenvalue weighted by Gasteiger charge is 2.18. The fourth-order valence-corrected chi connectivity index (χ4v) is 3.81. The van der Waals surface area contributed by atoms with Crippen LogP contribution in [0.3, 0.4) is 0 Å². The van der Waals surface area contributed by atoms with E-state index in [9.17, 15) is 9.59 Å². The Hall–Kier alpha value is -2.73. The number of carbonyl (C=O) groups is 2. The summed E-state index contributed by atoms with van der Waals surface area (Å²) >= 11 is 1.47. The molecule has 0 N–H and O–H groups in total. The minimum Gasteiger partial charge on any atom is -0.461 e. The van der Waals surface area contributed by atoms with Crippen LogP contribution in [0, 0.1) is 6.92 Å². The molecule has 2 aromatic heterocycles. The minimum absolute atomic E-state index is 0.0682. The molecule has 0 fully saturated rings. The molecule has 0 bridgehead atoms. The molecule has 0 aliphatic carbocycles. The molecule has 0 aliphatic rings. The molecule has 138 valence electrons. The first-order valence-electron chi connectivity index (χ1n) is 8.70. The maximum atomic E-state index is 12.2. The number of aromatic nitrogens is 2. The zero-order valence-electron chi connectivity index (χ0n) is 15.3. The fraction of sp³-hybridized carbons (Fsp3) is 0.238. The first kappa shape index (κ1) is 19.0. The van der Waals surface area contributed by atoms with E-state index in [1.807, 2.05) is 30.3 Å². The third-order valence-corrected chi connectivity index (χ3v) is 5.09. The van der Waals surface area contributed by atoms with Gasteiger partial charge in [0.15, 0.2) is 23.2 Å². The third kappa shape index (κ3) is 4.71. The predicted octanol–water partition coefficient (Wildman–Crippen LogP) is 5.00. The Kier molecular flexibility index (Phi) is 6.19. The molecule has 5 nitrogen and oxygen atoms in total. The van der Waals surface area contributed by atoms with Crippen LogP contribution < -0.4 is 0 Å². The first-order valence-corrected chi connectivity index (χ1v) is 9.69. The van der Waals surface area contributed by atoms with E-state index in [1.165, 1.54) is 18.7 Å². The van der Waals surface area contributed by atoms with Crippen LogP contribution in [0.1, 0.15) is 46.2 Å². The maximum absolute atomic E-state index is 12.2. The van der Waals surface area contributed by atoms with Crippen LogP contribution in [-0.2, 0) is 0 Å². The summed E-state index contributed by atoms with van der Waals surface area (Å²) in [5.41, 5.74) is 1.89. The van der Waals surface area contributed by atoms with Gasteiger partial charge in [-0.05, 0) is 38.2 Å². The molecule has 2 heterocycles. The number of furan rings is 1. The van der Waals surface area contributed by atoms with Crippen molar-refractivity contribution in [3.8, 4) is 11.6 Å². The van der Waals surface area contributed by atoms with E-state index in [4.69, 9.17) is 4.42 Å². The van der Waals surface area contributed by atoms with Gasteiger partial charge in [0.25, 0.3) is 0 Å². The van der Waals surface area contributed by atoms with Crippen molar-refractivity contribution in [3.05, 3.63) is 65.5 Å². The lowest BCUT2D eigenvalue weighted by Gasteiger charge is -2.10. The number of ketones is 2. The molecule has 0 radical (unpaired) electrons. The van der Waals surface area contributed by atoms with Crippen molar-refractivity contribution in [2.24, 2.45) is 0 Å². The molecular weight excluding hydrogens is 360 g/mol. The van der Waals surface area contributed by atoms with E-state index < -0.39 is 0 Å². The van der Waals surface area contributed by atoms with E-state index in [0.717, 1.165) is 5.56 Å². The van der Waals surface area contributed by atoms with Gasteiger partial charge in [-0.3, -0.25) is 9.59 Å². The Labute approximate surface area is 162 Å². The maximum Gasteiger partial charge on any atom is 0.196 e. The summed E-state index contributed by atoms with van der Waals surface area (Å²) in [6, 6.07) is 12.8. The first-order chi connectivity index (χ1) is 13.1. The fourth-order valence-electron chi connectivity index (χ4n) is 2.74. The molecule has 0 atom stereocenters. The number of Topliss-reactive ketones (excluding diaryl/α,β-unsaturated/α-hetero) is 2. The van der Waals surface area contributed by atoms with E-state index >= 15 is 0 Å². The highest BCUT2D eigenvalue weighted by atomic mass is 32.2. The van der Waals surface area contributed by atoms with E-state index in [2.05, 4.69) is 9.97 Å². The van der Waals surface area contributed by atoms with Gasteiger partial charge in [0.1, 0.15) is 5.03 Å². The van der Waals surface area contributed by atoms with Crippen molar-refractivity contribution >= 4 is 23.3 Å². The number of thioether (sulfide) groups is 1. The minimum atomic E-state index is -0.0682. The summed E-state index contributed by atoms with van der Waals surface area (Å²) in [4.78, 5) is 33.2. The van der Waals surface area contributed by atoms with E-state index in [-0.39, 0.29) is 11.6 Å². The molecule has 0 unspecified atom stereocenters. The molecule has 0 saturated heterocycles. The van der Waals surface area contributed by atoms with Gasteiger partial charge in [0, 0.05) is 12.0 Å². The Morgan fingerprint density at radius 3 is 2.52 bits per heavy atom. The smallest absolute Gasteiger partial charge is 0.196 e. The van der Waals surface area contributed by atoms with Gasteiger partial charge >= 0.3 is 0 Å². The summed E-state index contributed by atoms with van der Waals surface area (Å²) in [6.07, 6.45) is 2.73. The van der Waals surface area contributed by atoms with Gasteiger partial charge < -0.3 is 4.42 Å². The molecule has 0 amide bonds. The molecule has 3 aromatic rings. The summed E-state index contributed by atoms with van der Waals surface area (Å²) in [7, 11) is 0. The van der Waals surface area contributed by atoms with Crippen LogP contribution in [0.4, 0.5) is 0 Å². The third-order valence-electron chi connectivity index (χ3n) is 4.03. The second-order valence-electron chi connectivity index (χ2n) is 6.09. The van der Waals surface area contributed by atoms with Gasteiger partial charge in [-0.2, -0.15) is 0 Å². The van der Waals surface area contributed by atoms with E-state index in [1.54, 1.807) is 25.3 Å². The number of nitrogens with zero attached hydrogens (tertiary/aromatic N) is 2. The second-order valence-corrected chi connectivity index (χ2v) is 7.17. The van der Waals surface area contributed by atoms with Crippen molar-refractivity contribution in [1.29, 1.82) is 0 Å². The van der Waals surface area contributed by atoms with Crippen LogP contribution in [0.15, 0.2) is 58.2 Å². The number of hydrogen-bond donors (Lipinski definition) is 0. The lowest BCUT2D eigenvalue weighted by Crippen LogP contribution is -2.06. The molecule has 27 heavy (non-hydrogen) atoms. The van der Waals surface area contributed by atoms with Crippen LogP contribution in [0.25, 0.3) is 11.6 Å². The highest BCUT2D eigenvalue weighted by Crippen LogP contribution is 2.27. The summed E-state index contributed by atoms with van der Waals surface area (Å²) in [5.74, 6) is 1.77. The SMILES string of the molecule is CC(=O)c1c(C)nc(-c2ccco2)nc1SCCCC(=O)c1ccccc1. The summed E-state index contributed by atoms with van der Waals surface area (Å²) in [6.45, 7) is 3.31. The zero-order valence-corrected chi connectivity index (χ0v) is 16.1. The average molecular weight is 380 g/mol. The molecule has 6 heteroatoms. The van der Waals surface area contributed by atoms with Crippen molar-refractivity contribution in [1.82, 2.24) is 9.97 Å². The Bertz CT molecular complexity index is 938. The quantitative estimate of drug-likeness (QED) is 0.237.